The van der Waals surface area contributed by atoms with Crippen LogP contribution in [0.15, 0.2) is 0 Å². The molecule has 0 radical (unpaired) electrons. The highest BCUT2D eigenvalue weighted by Crippen LogP contribution is 2.33. The Morgan fingerprint density at radius 3 is 2.67 bits per heavy atom. The molecule has 2 atom stereocenters. The van der Waals surface area contributed by atoms with Gasteiger partial charge in [0.05, 0.1) is 12.7 Å². The van der Waals surface area contributed by atoms with Gasteiger partial charge in [-0.15, -0.1) is 0 Å². The minimum absolute atomic E-state index is 0.0278. The Balaban J connectivity index is 2.56. The van der Waals surface area contributed by atoms with E-state index >= 15 is 0 Å². The standard InChI is InChI=1S/C7H14O2/c1-6-7(2,5-8)3-4-9-6/h6,8H,3-5H2,1-2H3. The molecule has 2 nitrogen and oxygen atoms in total. The van der Waals surface area contributed by atoms with E-state index in [1.54, 1.807) is 0 Å². The summed E-state index contributed by atoms with van der Waals surface area (Å²) in [4.78, 5) is 0. The van der Waals surface area contributed by atoms with Crippen molar-refractivity contribution in [3.05, 3.63) is 0 Å². The zero-order valence-electron chi connectivity index (χ0n) is 6.05. The molecule has 1 fully saturated rings. The highest BCUT2D eigenvalue weighted by Gasteiger charge is 2.35. The molecule has 1 saturated heterocycles. The molecule has 1 rings (SSSR count). The van der Waals surface area contributed by atoms with E-state index in [9.17, 15) is 0 Å². The van der Waals surface area contributed by atoms with Crippen molar-refractivity contribution in [2.24, 2.45) is 5.41 Å². The normalized spacial score (nSPS) is 43.7. The van der Waals surface area contributed by atoms with Gasteiger partial charge >= 0.3 is 0 Å². The van der Waals surface area contributed by atoms with Gasteiger partial charge in [-0.25, -0.2) is 0 Å². The van der Waals surface area contributed by atoms with Crippen LogP contribution in [0.1, 0.15) is 20.3 Å². The minimum atomic E-state index is 0.0278. The fourth-order valence-electron chi connectivity index (χ4n) is 1.08. The first-order chi connectivity index (χ1) is 4.19. The van der Waals surface area contributed by atoms with Crippen LogP contribution in [0.25, 0.3) is 0 Å². The summed E-state index contributed by atoms with van der Waals surface area (Å²) in [6.45, 7) is 5.13. The molecule has 9 heavy (non-hydrogen) atoms. The van der Waals surface area contributed by atoms with Gasteiger partial charge in [0.25, 0.3) is 0 Å². The second kappa shape index (κ2) is 2.27. The highest BCUT2D eigenvalue weighted by atomic mass is 16.5. The number of aliphatic hydroxyl groups excluding tert-OH is 1. The maximum Gasteiger partial charge on any atom is 0.0623 e. The van der Waals surface area contributed by atoms with Gasteiger partial charge in [0.15, 0.2) is 0 Å². The summed E-state index contributed by atoms with van der Waals surface area (Å²) in [5, 5.41) is 8.92. The Morgan fingerprint density at radius 2 is 2.44 bits per heavy atom. The smallest absolute Gasteiger partial charge is 0.0623 e. The molecule has 0 aromatic rings. The van der Waals surface area contributed by atoms with Crippen LogP contribution in [-0.2, 0) is 4.74 Å². The molecule has 0 amide bonds. The van der Waals surface area contributed by atoms with Crippen molar-refractivity contribution < 1.29 is 9.84 Å². The van der Waals surface area contributed by atoms with E-state index in [1.807, 2.05) is 6.92 Å². The summed E-state index contributed by atoms with van der Waals surface area (Å²) < 4.78 is 5.30. The molecule has 54 valence electrons. The lowest BCUT2D eigenvalue weighted by Gasteiger charge is -2.23. The quantitative estimate of drug-likeness (QED) is 0.568. The van der Waals surface area contributed by atoms with E-state index in [2.05, 4.69) is 6.92 Å². The summed E-state index contributed by atoms with van der Waals surface area (Å²) in [5.41, 5.74) is 0.0278. The largest absolute Gasteiger partial charge is 0.396 e. The molecular weight excluding hydrogens is 116 g/mol. The predicted molar refractivity (Wildman–Crippen MR) is 35.2 cm³/mol. The Labute approximate surface area is 55.8 Å². The van der Waals surface area contributed by atoms with E-state index in [0.29, 0.717) is 0 Å². The maximum atomic E-state index is 8.92. The third-order valence-electron chi connectivity index (χ3n) is 2.38. The number of hydrogen-bond donors (Lipinski definition) is 1. The first kappa shape index (κ1) is 7.03. The van der Waals surface area contributed by atoms with Crippen molar-refractivity contribution in [3.8, 4) is 0 Å². The number of aliphatic hydroxyl groups is 1. The van der Waals surface area contributed by atoms with E-state index in [4.69, 9.17) is 9.84 Å². The van der Waals surface area contributed by atoms with Crippen molar-refractivity contribution >= 4 is 0 Å². The molecule has 0 aromatic carbocycles. The molecule has 0 spiro atoms. The van der Waals surface area contributed by atoms with Crippen LogP contribution >= 0.6 is 0 Å². The van der Waals surface area contributed by atoms with Crippen LogP contribution in [0.4, 0.5) is 0 Å². The Hall–Kier alpha value is -0.0800. The van der Waals surface area contributed by atoms with Crippen molar-refractivity contribution in [1.29, 1.82) is 0 Å². The van der Waals surface area contributed by atoms with Crippen molar-refractivity contribution in [2.75, 3.05) is 13.2 Å². The minimum Gasteiger partial charge on any atom is -0.396 e. The van der Waals surface area contributed by atoms with Gasteiger partial charge in [-0.05, 0) is 13.3 Å². The third kappa shape index (κ3) is 1.10. The average molecular weight is 130 g/mol. The van der Waals surface area contributed by atoms with Crippen LogP contribution in [-0.4, -0.2) is 24.4 Å². The van der Waals surface area contributed by atoms with E-state index in [1.165, 1.54) is 0 Å². The summed E-state index contributed by atoms with van der Waals surface area (Å²) in [5.74, 6) is 0. The van der Waals surface area contributed by atoms with Crippen LogP contribution in [0.3, 0.4) is 0 Å². The summed E-state index contributed by atoms with van der Waals surface area (Å²) in [6, 6.07) is 0. The van der Waals surface area contributed by atoms with Gasteiger partial charge in [0, 0.05) is 12.0 Å². The molecule has 1 aliphatic heterocycles. The zero-order valence-corrected chi connectivity index (χ0v) is 6.05. The fraction of sp³-hybridized carbons (Fsp3) is 1.00. The molecule has 0 aliphatic carbocycles. The molecule has 0 saturated carbocycles. The Kier molecular flexibility index (Phi) is 1.78. The van der Waals surface area contributed by atoms with E-state index < -0.39 is 0 Å². The summed E-state index contributed by atoms with van der Waals surface area (Å²) in [6.07, 6.45) is 1.22. The van der Waals surface area contributed by atoms with Gasteiger partial charge in [-0.1, -0.05) is 6.92 Å². The molecule has 0 bridgehead atoms. The molecule has 1 heterocycles. The lowest BCUT2D eigenvalue weighted by atomic mass is 9.85. The van der Waals surface area contributed by atoms with Crippen LogP contribution in [0.2, 0.25) is 0 Å². The first-order valence-electron chi connectivity index (χ1n) is 3.41. The third-order valence-corrected chi connectivity index (χ3v) is 2.38. The highest BCUT2D eigenvalue weighted by molar-refractivity contribution is 4.84. The molecule has 1 N–H and O–H groups in total. The summed E-state index contributed by atoms with van der Waals surface area (Å²) in [7, 11) is 0. The second-order valence-corrected chi connectivity index (χ2v) is 3.08. The van der Waals surface area contributed by atoms with Crippen LogP contribution in [0.5, 0.6) is 0 Å². The predicted octanol–water partition coefficient (Wildman–Crippen LogP) is 0.794. The van der Waals surface area contributed by atoms with Gasteiger partial charge in [0.1, 0.15) is 0 Å². The van der Waals surface area contributed by atoms with E-state index in [-0.39, 0.29) is 18.1 Å². The molecule has 2 unspecified atom stereocenters. The Morgan fingerprint density at radius 1 is 1.78 bits per heavy atom. The second-order valence-electron chi connectivity index (χ2n) is 3.08. The SMILES string of the molecule is CC1OCCC1(C)CO. The average Bonchev–Trinajstić information content (AvgIpc) is 2.15. The maximum absolute atomic E-state index is 8.92. The van der Waals surface area contributed by atoms with Crippen LogP contribution < -0.4 is 0 Å². The molecular formula is C7H14O2. The topological polar surface area (TPSA) is 29.5 Å². The lowest BCUT2D eigenvalue weighted by Crippen LogP contribution is -2.28. The monoisotopic (exact) mass is 130 g/mol. The van der Waals surface area contributed by atoms with E-state index in [0.717, 1.165) is 13.0 Å². The summed E-state index contributed by atoms with van der Waals surface area (Å²) >= 11 is 0. The van der Waals surface area contributed by atoms with Crippen molar-refractivity contribution in [3.63, 3.8) is 0 Å². The molecule has 1 aliphatic rings. The number of ether oxygens (including phenoxy) is 1. The molecule has 0 aromatic heterocycles. The van der Waals surface area contributed by atoms with Gasteiger partial charge in [-0.3, -0.25) is 0 Å². The van der Waals surface area contributed by atoms with Crippen molar-refractivity contribution in [2.45, 2.75) is 26.4 Å². The van der Waals surface area contributed by atoms with Gasteiger partial charge in [0.2, 0.25) is 0 Å². The lowest BCUT2D eigenvalue weighted by molar-refractivity contribution is 0.0382. The van der Waals surface area contributed by atoms with Crippen molar-refractivity contribution in [1.82, 2.24) is 0 Å². The number of rotatable bonds is 1. The number of hydrogen-bond acceptors (Lipinski definition) is 2. The van der Waals surface area contributed by atoms with Gasteiger partial charge in [-0.2, -0.15) is 0 Å². The Bertz CT molecular complexity index is 103. The van der Waals surface area contributed by atoms with Crippen LogP contribution in [0, 0.1) is 5.41 Å². The zero-order chi connectivity index (χ0) is 6.91. The first-order valence-corrected chi connectivity index (χ1v) is 3.41. The molecule has 2 heteroatoms. The fourth-order valence-corrected chi connectivity index (χ4v) is 1.08. The van der Waals surface area contributed by atoms with Gasteiger partial charge < -0.3 is 9.84 Å².